The van der Waals surface area contributed by atoms with E-state index >= 15 is 0 Å². The van der Waals surface area contributed by atoms with Crippen LogP contribution in [0, 0.1) is 13.8 Å². The number of aldehydes is 1. The number of carbonyl (C=O) groups excluding carboxylic acids is 1. The number of carbonyl (C=O) groups is 1. The van der Waals surface area contributed by atoms with Gasteiger partial charge in [-0.15, -0.1) is 0 Å². The standard InChI is InChI=1S/C8H10NO6P.C8H11NO3/c1-5-8(11)7(3-10)6(2-9-5)4-15-16(12,13)14;1-5-8(12)7(4-11)6(3-10)2-9-5/h2-3,11H,4H2,1H3,(H2,12,13,14);2,10-12H,3-4H2,1H3. The first-order valence-corrected chi connectivity index (χ1v) is 9.29. The Bertz CT molecular complexity index is 883. The van der Waals surface area contributed by atoms with Gasteiger partial charge in [-0.2, -0.15) is 0 Å². The van der Waals surface area contributed by atoms with Crippen LogP contribution >= 0.6 is 7.82 Å². The minimum Gasteiger partial charge on any atom is -0.506 e. The quantitative estimate of drug-likeness (QED) is 0.285. The van der Waals surface area contributed by atoms with Crippen LogP contribution in [0.2, 0.25) is 0 Å². The zero-order chi connectivity index (χ0) is 21.5. The molecular formula is C16H21N2O9P. The molecule has 0 unspecified atom stereocenters. The van der Waals surface area contributed by atoms with Crippen LogP contribution in [0.5, 0.6) is 11.5 Å². The first-order chi connectivity index (χ1) is 13.1. The number of hydrogen-bond donors (Lipinski definition) is 6. The summed E-state index contributed by atoms with van der Waals surface area (Å²) in [6.45, 7) is 2.12. The first kappa shape index (κ1) is 23.6. The van der Waals surface area contributed by atoms with Crippen molar-refractivity contribution in [2.75, 3.05) is 0 Å². The summed E-state index contributed by atoms with van der Waals surface area (Å²) >= 11 is 0. The van der Waals surface area contributed by atoms with E-state index in [4.69, 9.17) is 20.0 Å². The normalized spacial score (nSPS) is 10.9. The minimum atomic E-state index is -4.61. The van der Waals surface area contributed by atoms with Crippen molar-refractivity contribution in [1.82, 2.24) is 9.97 Å². The van der Waals surface area contributed by atoms with E-state index < -0.39 is 14.4 Å². The lowest BCUT2D eigenvalue weighted by Crippen LogP contribution is -1.99. The van der Waals surface area contributed by atoms with Gasteiger partial charge in [0, 0.05) is 29.1 Å². The number of phosphoric ester groups is 1. The molecule has 28 heavy (non-hydrogen) atoms. The van der Waals surface area contributed by atoms with Crippen molar-refractivity contribution in [3.63, 3.8) is 0 Å². The second kappa shape index (κ2) is 10.2. The molecular weight excluding hydrogens is 395 g/mol. The zero-order valence-corrected chi connectivity index (χ0v) is 16.0. The smallest absolute Gasteiger partial charge is 0.469 e. The summed E-state index contributed by atoms with van der Waals surface area (Å²) in [6.07, 6.45) is 3.04. The zero-order valence-electron chi connectivity index (χ0n) is 15.1. The van der Waals surface area contributed by atoms with Crippen LogP contribution in [0.15, 0.2) is 12.4 Å². The van der Waals surface area contributed by atoms with Crippen LogP contribution in [0.25, 0.3) is 0 Å². The number of pyridine rings is 2. The Morgan fingerprint density at radius 2 is 1.54 bits per heavy atom. The molecule has 0 saturated carbocycles. The highest BCUT2D eigenvalue weighted by atomic mass is 31.2. The molecule has 0 aliphatic rings. The van der Waals surface area contributed by atoms with Crippen molar-refractivity contribution < 1.29 is 44.1 Å². The molecule has 154 valence electrons. The second-order valence-electron chi connectivity index (χ2n) is 5.53. The number of nitrogens with zero attached hydrogens (tertiary/aromatic N) is 2. The van der Waals surface area contributed by atoms with Crippen molar-refractivity contribution >= 4 is 14.1 Å². The molecule has 11 nitrogen and oxygen atoms in total. The molecule has 0 fully saturated rings. The van der Waals surface area contributed by atoms with Gasteiger partial charge < -0.3 is 30.2 Å². The topological polar surface area (TPSA) is 191 Å². The molecule has 0 spiro atoms. The average Bonchev–Trinajstić information content (AvgIpc) is 2.64. The predicted octanol–water partition coefficient (Wildman–Crippen LogP) is 0.598. The van der Waals surface area contributed by atoms with E-state index in [1.165, 1.54) is 19.3 Å². The van der Waals surface area contributed by atoms with Crippen LogP contribution in [0.3, 0.4) is 0 Å². The van der Waals surface area contributed by atoms with Crippen molar-refractivity contribution in [2.24, 2.45) is 0 Å². The Balaban J connectivity index is 0.000000292. The number of aromatic hydroxyl groups is 2. The maximum atomic E-state index is 10.7. The SMILES string of the molecule is Cc1ncc(CO)c(CO)c1O.Cc1ncc(COP(=O)(O)O)c(C=O)c1O. The molecule has 0 aliphatic heterocycles. The summed E-state index contributed by atoms with van der Waals surface area (Å²) in [5.41, 5.74) is 1.55. The fourth-order valence-corrected chi connectivity index (χ4v) is 2.36. The van der Waals surface area contributed by atoms with Crippen molar-refractivity contribution in [2.45, 2.75) is 33.7 Å². The Morgan fingerprint density at radius 1 is 1.00 bits per heavy atom. The summed E-state index contributed by atoms with van der Waals surface area (Å²) < 4.78 is 14.7. The summed E-state index contributed by atoms with van der Waals surface area (Å²) in [6, 6.07) is 0. The molecule has 0 radical (unpaired) electrons. The molecule has 0 atom stereocenters. The third kappa shape index (κ3) is 6.34. The summed E-state index contributed by atoms with van der Waals surface area (Å²) in [7, 11) is -4.61. The van der Waals surface area contributed by atoms with Gasteiger partial charge in [-0.25, -0.2) is 4.57 Å². The van der Waals surface area contributed by atoms with E-state index in [2.05, 4.69) is 14.5 Å². The van der Waals surface area contributed by atoms with Crippen LogP contribution in [0.4, 0.5) is 0 Å². The average molecular weight is 416 g/mol. The lowest BCUT2D eigenvalue weighted by molar-refractivity contribution is 0.111. The van der Waals surface area contributed by atoms with Crippen LogP contribution in [0.1, 0.15) is 38.4 Å². The third-order valence-corrected chi connectivity index (χ3v) is 4.09. The third-order valence-electron chi connectivity index (χ3n) is 3.62. The van der Waals surface area contributed by atoms with Crippen molar-refractivity contribution in [1.29, 1.82) is 0 Å². The number of aryl methyl sites for hydroxylation is 2. The lowest BCUT2D eigenvalue weighted by atomic mass is 10.1. The highest BCUT2D eigenvalue weighted by Crippen LogP contribution is 2.37. The molecule has 0 saturated heterocycles. The highest BCUT2D eigenvalue weighted by molar-refractivity contribution is 7.46. The molecule has 2 rings (SSSR count). The number of aromatic nitrogens is 2. The van der Waals surface area contributed by atoms with E-state index in [-0.39, 0.29) is 41.5 Å². The second-order valence-corrected chi connectivity index (χ2v) is 6.76. The maximum absolute atomic E-state index is 10.7. The van der Waals surface area contributed by atoms with Crippen LogP contribution in [-0.4, -0.2) is 46.5 Å². The van der Waals surface area contributed by atoms with Crippen LogP contribution in [-0.2, 0) is 28.9 Å². The number of aliphatic hydroxyl groups is 2. The van der Waals surface area contributed by atoms with Gasteiger partial charge in [-0.05, 0) is 13.8 Å². The fourth-order valence-electron chi connectivity index (χ4n) is 2.05. The Hall–Kier alpha value is -2.40. The first-order valence-electron chi connectivity index (χ1n) is 7.76. The summed E-state index contributed by atoms with van der Waals surface area (Å²) in [4.78, 5) is 35.2. The Labute approximate surface area is 160 Å². The lowest BCUT2D eigenvalue weighted by Gasteiger charge is -2.09. The molecule has 0 aliphatic carbocycles. The van der Waals surface area contributed by atoms with Gasteiger partial charge in [0.1, 0.15) is 11.5 Å². The highest BCUT2D eigenvalue weighted by Gasteiger charge is 2.17. The molecule has 6 N–H and O–H groups in total. The number of aliphatic hydroxyl groups excluding tert-OH is 2. The predicted molar refractivity (Wildman–Crippen MR) is 95.3 cm³/mol. The van der Waals surface area contributed by atoms with Crippen LogP contribution < -0.4 is 0 Å². The molecule has 0 aromatic carbocycles. The largest absolute Gasteiger partial charge is 0.506 e. The molecule has 2 aromatic rings. The van der Waals surface area contributed by atoms with Gasteiger partial charge in [0.15, 0.2) is 6.29 Å². The van der Waals surface area contributed by atoms with E-state index in [0.29, 0.717) is 23.1 Å². The van der Waals surface area contributed by atoms with E-state index in [1.807, 2.05) is 0 Å². The maximum Gasteiger partial charge on any atom is 0.469 e. The molecule has 2 aromatic heterocycles. The Kier molecular flexibility index (Phi) is 8.64. The van der Waals surface area contributed by atoms with Crippen molar-refractivity contribution in [3.05, 3.63) is 46.0 Å². The van der Waals surface area contributed by atoms with Gasteiger partial charge >= 0.3 is 7.82 Å². The number of rotatable bonds is 6. The summed E-state index contributed by atoms with van der Waals surface area (Å²) in [5.74, 6) is -0.356. The fraction of sp³-hybridized carbons (Fsp3) is 0.312. The minimum absolute atomic E-state index is 0.0379. The van der Waals surface area contributed by atoms with Gasteiger partial charge in [-0.3, -0.25) is 19.3 Å². The van der Waals surface area contributed by atoms with Gasteiger partial charge in [0.05, 0.1) is 36.8 Å². The number of hydrogen-bond acceptors (Lipinski definition) is 9. The summed E-state index contributed by atoms with van der Waals surface area (Å²) in [5, 5.41) is 36.5. The van der Waals surface area contributed by atoms with Gasteiger partial charge in [0.2, 0.25) is 0 Å². The molecule has 12 heteroatoms. The van der Waals surface area contributed by atoms with E-state index in [9.17, 15) is 19.6 Å². The van der Waals surface area contributed by atoms with Gasteiger partial charge in [-0.1, -0.05) is 0 Å². The molecule has 2 heterocycles. The van der Waals surface area contributed by atoms with Gasteiger partial charge in [0.25, 0.3) is 0 Å². The number of phosphoric acid groups is 1. The monoisotopic (exact) mass is 416 g/mol. The molecule has 0 amide bonds. The van der Waals surface area contributed by atoms with Crippen molar-refractivity contribution in [3.8, 4) is 11.5 Å². The Morgan fingerprint density at radius 3 is 2.00 bits per heavy atom. The van der Waals surface area contributed by atoms with E-state index in [0.717, 1.165) is 0 Å². The molecule has 0 bridgehead atoms. The van der Waals surface area contributed by atoms with E-state index in [1.54, 1.807) is 6.92 Å².